The summed E-state index contributed by atoms with van der Waals surface area (Å²) >= 11 is 0. The highest BCUT2D eigenvalue weighted by Gasteiger charge is 2.24. The van der Waals surface area contributed by atoms with Crippen LogP contribution in [-0.2, 0) is 0 Å². The van der Waals surface area contributed by atoms with Crippen LogP contribution in [-0.4, -0.2) is 37.2 Å². The molecule has 2 aromatic rings. The molecular formula is C14H12F3N3O4. The van der Waals surface area contributed by atoms with Crippen molar-refractivity contribution in [1.29, 1.82) is 0 Å². The Hall–Kier alpha value is -3.04. The third-order valence-electron chi connectivity index (χ3n) is 2.92. The number of aromatic nitrogens is 2. The SMILES string of the molecule is COc1ncc(NC(=O)c2cc(F)c(F)c(OC)c2F)c(OC)n1. The second kappa shape index (κ2) is 7.02. The summed E-state index contributed by atoms with van der Waals surface area (Å²) in [5, 5.41) is 2.24. The first-order valence-corrected chi connectivity index (χ1v) is 6.40. The van der Waals surface area contributed by atoms with E-state index in [0.717, 1.165) is 13.3 Å². The summed E-state index contributed by atoms with van der Waals surface area (Å²) in [6, 6.07) is 0.393. The number of benzene rings is 1. The normalized spacial score (nSPS) is 10.2. The number of nitrogens with one attached hydrogen (secondary N) is 1. The van der Waals surface area contributed by atoms with E-state index in [2.05, 4.69) is 20.0 Å². The third kappa shape index (κ3) is 3.16. The summed E-state index contributed by atoms with van der Waals surface area (Å²) in [5.41, 5.74) is -0.782. The lowest BCUT2D eigenvalue weighted by molar-refractivity contribution is 0.102. The van der Waals surface area contributed by atoms with Gasteiger partial charge in [-0.05, 0) is 6.07 Å². The number of nitrogens with zero attached hydrogens (tertiary/aromatic N) is 2. The molecule has 24 heavy (non-hydrogen) atoms. The van der Waals surface area contributed by atoms with E-state index in [-0.39, 0.29) is 17.6 Å². The second-order valence-corrected chi connectivity index (χ2v) is 4.30. The molecule has 0 saturated carbocycles. The maximum absolute atomic E-state index is 14.1. The molecule has 128 valence electrons. The number of rotatable bonds is 5. The van der Waals surface area contributed by atoms with Gasteiger partial charge in [0, 0.05) is 0 Å². The van der Waals surface area contributed by atoms with Crippen molar-refractivity contribution < 1.29 is 32.2 Å². The molecule has 0 radical (unpaired) electrons. The topological polar surface area (TPSA) is 82.6 Å². The smallest absolute Gasteiger partial charge is 0.319 e. The highest BCUT2D eigenvalue weighted by molar-refractivity contribution is 6.05. The molecule has 0 fully saturated rings. The van der Waals surface area contributed by atoms with Gasteiger partial charge in [-0.15, -0.1) is 0 Å². The van der Waals surface area contributed by atoms with Crippen LogP contribution in [0.5, 0.6) is 17.6 Å². The van der Waals surface area contributed by atoms with E-state index < -0.39 is 34.7 Å². The van der Waals surface area contributed by atoms with Crippen LogP contribution in [0.1, 0.15) is 10.4 Å². The molecule has 7 nitrogen and oxygen atoms in total. The van der Waals surface area contributed by atoms with Gasteiger partial charge in [0.05, 0.1) is 33.1 Å². The van der Waals surface area contributed by atoms with Crippen LogP contribution in [0.2, 0.25) is 0 Å². The Balaban J connectivity index is 2.39. The summed E-state index contributed by atoms with van der Waals surface area (Å²) in [6.45, 7) is 0. The Morgan fingerprint density at radius 2 is 1.79 bits per heavy atom. The van der Waals surface area contributed by atoms with E-state index in [4.69, 9.17) is 9.47 Å². The van der Waals surface area contributed by atoms with Gasteiger partial charge in [-0.1, -0.05) is 0 Å². The lowest BCUT2D eigenvalue weighted by atomic mass is 10.1. The van der Waals surface area contributed by atoms with Crippen molar-refractivity contribution in [2.45, 2.75) is 0 Å². The van der Waals surface area contributed by atoms with Crippen molar-refractivity contribution in [2.75, 3.05) is 26.6 Å². The average Bonchev–Trinajstić information content (AvgIpc) is 2.58. The molecule has 1 aromatic heterocycles. The molecule has 0 bridgehead atoms. The number of hydrogen-bond donors (Lipinski definition) is 1. The number of carbonyl (C=O) groups excluding carboxylic acids is 1. The largest absolute Gasteiger partial charge is 0.491 e. The number of anilines is 1. The fraction of sp³-hybridized carbons (Fsp3) is 0.214. The molecule has 0 aliphatic rings. The minimum absolute atomic E-state index is 0.0219. The molecule has 1 N–H and O–H groups in total. The summed E-state index contributed by atoms with van der Waals surface area (Å²) in [5.74, 6) is -6.45. The van der Waals surface area contributed by atoms with Crippen LogP contribution >= 0.6 is 0 Å². The Kier molecular flexibility index (Phi) is 5.07. The maximum atomic E-state index is 14.1. The van der Waals surface area contributed by atoms with E-state index in [9.17, 15) is 18.0 Å². The molecule has 1 amide bonds. The minimum Gasteiger partial charge on any atom is -0.491 e. The quantitative estimate of drug-likeness (QED) is 0.838. The lowest BCUT2D eigenvalue weighted by Crippen LogP contribution is -2.17. The summed E-state index contributed by atoms with van der Waals surface area (Å²) in [4.78, 5) is 19.7. The van der Waals surface area contributed by atoms with Gasteiger partial charge in [-0.25, -0.2) is 13.8 Å². The summed E-state index contributed by atoms with van der Waals surface area (Å²) in [6.07, 6.45) is 1.15. The standard InChI is InChI=1S/C14H12F3N3O4/c1-22-11-9(16)6(4-7(15)10(11)17)12(21)19-8-5-18-14(24-3)20-13(8)23-2/h4-5H,1-3H3,(H,19,21). The van der Waals surface area contributed by atoms with Crippen molar-refractivity contribution in [2.24, 2.45) is 0 Å². The number of amides is 1. The molecule has 1 aromatic carbocycles. The fourth-order valence-electron chi connectivity index (χ4n) is 1.81. The zero-order valence-electron chi connectivity index (χ0n) is 12.8. The Morgan fingerprint density at radius 3 is 2.38 bits per heavy atom. The molecule has 0 saturated heterocycles. The first-order valence-electron chi connectivity index (χ1n) is 6.40. The van der Waals surface area contributed by atoms with Crippen LogP contribution in [0.25, 0.3) is 0 Å². The number of halogens is 3. The van der Waals surface area contributed by atoms with Gasteiger partial charge >= 0.3 is 6.01 Å². The Bertz CT molecular complexity index is 786. The third-order valence-corrected chi connectivity index (χ3v) is 2.92. The second-order valence-electron chi connectivity index (χ2n) is 4.30. The molecule has 0 atom stereocenters. The zero-order chi connectivity index (χ0) is 17.9. The minimum atomic E-state index is -1.53. The summed E-state index contributed by atoms with van der Waals surface area (Å²) in [7, 11) is 3.55. The molecule has 1 heterocycles. The lowest BCUT2D eigenvalue weighted by Gasteiger charge is -2.12. The first kappa shape index (κ1) is 17.3. The highest BCUT2D eigenvalue weighted by Crippen LogP contribution is 2.28. The van der Waals surface area contributed by atoms with E-state index >= 15 is 0 Å². The zero-order valence-corrected chi connectivity index (χ0v) is 12.8. The summed E-state index contributed by atoms with van der Waals surface area (Å²) < 4.78 is 55.2. The van der Waals surface area contributed by atoms with Crippen molar-refractivity contribution >= 4 is 11.6 Å². The van der Waals surface area contributed by atoms with Gasteiger partial charge in [-0.2, -0.15) is 9.37 Å². The van der Waals surface area contributed by atoms with Crippen molar-refractivity contribution in [3.8, 4) is 17.6 Å². The average molecular weight is 343 g/mol. The fourth-order valence-corrected chi connectivity index (χ4v) is 1.81. The molecule has 2 rings (SSSR count). The maximum Gasteiger partial charge on any atom is 0.319 e. The Morgan fingerprint density at radius 1 is 1.08 bits per heavy atom. The number of hydrogen-bond acceptors (Lipinski definition) is 6. The van der Waals surface area contributed by atoms with E-state index in [0.29, 0.717) is 6.07 Å². The number of carbonyl (C=O) groups is 1. The van der Waals surface area contributed by atoms with Crippen LogP contribution in [0.3, 0.4) is 0 Å². The highest BCUT2D eigenvalue weighted by atomic mass is 19.2. The van der Waals surface area contributed by atoms with Gasteiger partial charge in [0.15, 0.2) is 17.4 Å². The monoisotopic (exact) mass is 343 g/mol. The van der Waals surface area contributed by atoms with Crippen LogP contribution in [0.15, 0.2) is 12.3 Å². The predicted octanol–water partition coefficient (Wildman–Crippen LogP) is 2.17. The van der Waals surface area contributed by atoms with Crippen molar-refractivity contribution in [3.63, 3.8) is 0 Å². The van der Waals surface area contributed by atoms with Gasteiger partial charge in [0.2, 0.25) is 11.7 Å². The number of ether oxygens (including phenoxy) is 3. The van der Waals surface area contributed by atoms with Crippen LogP contribution < -0.4 is 19.5 Å². The van der Waals surface area contributed by atoms with E-state index in [1.807, 2.05) is 0 Å². The molecule has 0 spiro atoms. The predicted molar refractivity (Wildman–Crippen MR) is 76.0 cm³/mol. The van der Waals surface area contributed by atoms with Gasteiger partial charge < -0.3 is 19.5 Å². The van der Waals surface area contributed by atoms with E-state index in [1.54, 1.807) is 0 Å². The van der Waals surface area contributed by atoms with Crippen LogP contribution in [0.4, 0.5) is 18.9 Å². The first-order chi connectivity index (χ1) is 11.4. The molecule has 0 aliphatic carbocycles. The molecule has 10 heteroatoms. The van der Waals surface area contributed by atoms with E-state index in [1.165, 1.54) is 14.2 Å². The van der Waals surface area contributed by atoms with Crippen LogP contribution in [0, 0.1) is 17.5 Å². The van der Waals surface area contributed by atoms with Crippen molar-refractivity contribution in [3.05, 3.63) is 35.3 Å². The van der Waals surface area contributed by atoms with Gasteiger partial charge in [0.25, 0.3) is 5.91 Å². The molecule has 0 unspecified atom stereocenters. The Labute approximate surface area is 134 Å². The van der Waals surface area contributed by atoms with Gasteiger partial charge in [-0.3, -0.25) is 4.79 Å². The van der Waals surface area contributed by atoms with Gasteiger partial charge in [0.1, 0.15) is 5.69 Å². The number of methoxy groups -OCH3 is 3. The molecule has 0 aliphatic heterocycles. The molecular weight excluding hydrogens is 331 g/mol. The van der Waals surface area contributed by atoms with Crippen molar-refractivity contribution in [1.82, 2.24) is 9.97 Å².